The van der Waals surface area contributed by atoms with Crippen molar-refractivity contribution in [1.82, 2.24) is 9.88 Å². The van der Waals surface area contributed by atoms with Gasteiger partial charge in [0.1, 0.15) is 12.1 Å². The van der Waals surface area contributed by atoms with E-state index in [2.05, 4.69) is 46.0 Å². The molecule has 5 nitrogen and oxygen atoms in total. The number of aromatic nitrogens is 1. The second kappa shape index (κ2) is 7.20. The first-order chi connectivity index (χ1) is 14.2. The molecule has 5 heteroatoms. The van der Waals surface area contributed by atoms with Gasteiger partial charge >= 0.3 is 0 Å². The van der Waals surface area contributed by atoms with Gasteiger partial charge in [-0.05, 0) is 68.1 Å². The zero-order valence-electron chi connectivity index (χ0n) is 16.8. The summed E-state index contributed by atoms with van der Waals surface area (Å²) in [6.45, 7) is 4.62. The summed E-state index contributed by atoms with van der Waals surface area (Å²) >= 11 is 0. The molecule has 29 heavy (non-hydrogen) atoms. The highest BCUT2D eigenvalue weighted by Gasteiger charge is 2.53. The average molecular weight is 386 g/mol. The van der Waals surface area contributed by atoms with Crippen molar-refractivity contribution in [3.05, 3.63) is 53.3 Å². The Hall–Kier alpha value is -2.84. The molecule has 1 saturated heterocycles. The standard InChI is InChI=1S/C24H26N4O/c1-2-6-17-11-20(15-26-14-17)18-7-8-19-13-22(28-9-4-3-5-10-28)24(21(19)12-18)16-29-23(25)27-24/h7-8,11-12,14-15,22H,3-5,9-10,13,16H2,1H3,(H2,25,27). The summed E-state index contributed by atoms with van der Waals surface area (Å²) in [5, 5.41) is 0. The summed E-state index contributed by atoms with van der Waals surface area (Å²) in [6, 6.07) is 9.42. The van der Waals surface area contributed by atoms with Gasteiger partial charge in [-0.2, -0.15) is 0 Å². The van der Waals surface area contributed by atoms with Crippen molar-refractivity contribution in [1.29, 1.82) is 0 Å². The fraction of sp³-hybridized carbons (Fsp3) is 0.417. The number of ether oxygens (including phenoxy) is 1. The Bertz CT molecular complexity index is 1030. The van der Waals surface area contributed by atoms with Crippen LogP contribution in [0.4, 0.5) is 0 Å². The van der Waals surface area contributed by atoms with Crippen LogP contribution >= 0.6 is 0 Å². The van der Waals surface area contributed by atoms with E-state index in [4.69, 9.17) is 15.5 Å². The molecular formula is C24H26N4O. The quantitative estimate of drug-likeness (QED) is 0.806. The van der Waals surface area contributed by atoms with Crippen LogP contribution in [-0.4, -0.2) is 41.6 Å². The van der Waals surface area contributed by atoms with Crippen LogP contribution in [0.15, 0.2) is 41.7 Å². The molecule has 3 aliphatic rings. The van der Waals surface area contributed by atoms with Gasteiger partial charge in [-0.3, -0.25) is 9.88 Å². The number of rotatable bonds is 2. The molecule has 1 aromatic carbocycles. The molecule has 1 aromatic heterocycles. The lowest BCUT2D eigenvalue weighted by atomic mass is 9.87. The van der Waals surface area contributed by atoms with E-state index in [1.54, 1.807) is 6.20 Å². The molecule has 2 N–H and O–H groups in total. The van der Waals surface area contributed by atoms with E-state index >= 15 is 0 Å². The number of hydrogen-bond donors (Lipinski definition) is 1. The fourth-order valence-corrected chi connectivity index (χ4v) is 5.12. The largest absolute Gasteiger partial charge is 0.462 e. The molecule has 148 valence electrons. The monoisotopic (exact) mass is 386 g/mol. The van der Waals surface area contributed by atoms with Crippen LogP contribution < -0.4 is 5.73 Å². The third-order valence-corrected chi connectivity index (χ3v) is 6.46. The van der Waals surface area contributed by atoms with Gasteiger partial charge in [-0.15, -0.1) is 5.92 Å². The van der Waals surface area contributed by atoms with Crippen molar-refractivity contribution < 1.29 is 4.74 Å². The molecule has 0 bridgehead atoms. The molecule has 2 unspecified atom stereocenters. The number of amidine groups is 1. The summed E-state index contributed by atoms with van der Waals surface area (Å²) in [5.41, 5.74) is 11.4. The average Bonchev–Trinajstić information content (AvgIpc) is 3.29. The van der Waals surface area contributed by atoms with Crippen molar-refractivity contribution in [3.8, 4) is 23.0 Å². The molecular weight excluding hydrogens is 360 g/mol. The second-order valence-electron chi connectivity index (χ2n) is 8.19. The third-order valence-electron chi connectivity index (χ3n) is 6.46. The lowest BCUT2D eigenvalue weighted by Crippen LogP contribution is -2.50. The Kier molecular flexibility index (Phi) is 4.52. The van der Waals surface area contributed by atoms with E-state index in [-0.39, 0.29) is 0 Å². The van der Waals surface area contributed by atoms with Gasteiger partial charge in [-0.25, -0.2) is 4.99 Å². The smallest absolute Gasteiger partial charge is 0.283 e. The lowest BCUT2D eigenvalue weighted by Gasteiger charge is -2.39. The molecule has 3 heterocycles. The number of likely N-dealkylation sites (tertiary alicyclic amines) is 1. The fourth-order valence-electron chi connectivity index (χ4n) is 5.12. The van der Waals surface area contributed by atoms with Gasteiger partial charge in [0.25, 0.3) is 6.02 Å². The summed E-state index contributed by atoms with van der Waals surface area (Å²) in [7, 11) is 0. The van der Waals surface area contributed by atoms with E-state index < -0.39 is 5.54 Å². The number of pyridine rings is 1. The minimum absolute atomic E-state index is 0.310. The predicted molar refractivity (Wildman–Crippen MR) is 114 cm³/mol. The molecule has 5 rings (SSSR count). The summed E-state index contributed by atoms with van der Waals surface area (Å²) in [5.74, 6) is 6.04. The highest BCUT2D eigenvalue weighted by molar-refractivity contribution is 5.76. The van der Waals surface area contributed by atoms with Crippen molar-refractivity contribution in [2.45, 2.75) is 44.2 Å². The predicted octanol–water partition coefficient (Wildman–Crippen LogP) is 3.07. The van der Waals surface area contributed by atoms with Crippen molar-refractivity contribution in [2.75, 3.05) is 19.7 Å². The van der Waals surface area contributed by atoms with Crippen LogP contribution in [0.5, 0.6) is 0 Å². The van der Waals surface area contributed by atoms with Gasteiger partial charge in [0.2, 0.25) is 0 Å². The van der Waals surface area contributed by atoms with E-state index in [9.17, 15) is 0 Å². The number of fused-ring (bicyclic) bond motifs is 2. The highest BCUT2D eigenvalue weighted by Crippen LogP contribution is 2.47. The maximum absolute atomic E-state index is 6.02. The molecule has 0 radical (unpaired) electrons. The Morgan fingerprint density at radius 1 is 1.14 bits per heavy atom. The summed E-state index contributed by atoms with van der Waals surface area (Å²) in [6.07, 6.45) is 8.52. The van der Waals surface area contributed by atoms with Gasteiger partial charge < -0.3 is 10.5 Å². The van der Waals surface area contributed by atoms with E-state index in [1.807, 2.05) is 13.1 Å². The number of piperidine rings is 1. The molecule has 1 fully saturated rings. The Morgan fingerprint density at radius 2 is 2.00 bits per heavy atom. The van der Waals surface area contributed by atoms with Gasteiger partial charge in [0.15, 0.2) is 0 Å². The van der Waals surface area contributed by atoms with Crippen molar-refractivity contribution in [3.63, 3.8) is 0 Å². The summed E-state index contributed by atoms with van der Waals surface area (Å²) < 4.78 is 5.74. The van der Waals surface area contributed by atoms with Crippen LogP contribution in [-0.2, 0) is 16.7 Å². The molecule has 0 amide bonds. The molecule has 2 atom stereocenters. The van der Waals surface area contributed by atoms with E-state index in [1.165, 1.54) is 30.4 Å². The topological polar surface area (TPSA) is 63.7 Å². The van der Waals surface area contributed by atoms with E-state index in [0.717, 1.165) is 36.2 Å². The van der Waals surface area contributed by atoms with Crippen LogP contribution in [0.1, 0.15) is 42.9 Å². The first-order valence-corrected chi connectivity index (χ1v) is 10.4. The zero-order chi connectivity index (χ0) is 19.8. The minimum atomic E-state index is -0.402. The zero-order valence-corrected chi connectivity index (χ0v) is 16.8. The van der Waals surface area contributed by atoms with Crippen LogP contribution in [0.25, 0.3) is 11.1 Å². The van der Waals surface area contributed by atoms with Crippen LogP contribution in [0.2, 0.25) is 0 Å². The molecule has 2 aromatic rings. The van der Waals surface area contributed by atoms with Gasteiger partial charge in [-0.1, -0.05) is 24.5 Å². The third kappa shape index (κ3) is 3.08. The van der Waals surface area contributed by atoms with Gasteiger partial charge in [0, 0.05) is 29.6 Å². The van der Waals surface area contributed by atoms with Crippen molar-refractivity contribution in [2.24, 2.45) is 10.7 Å². The Morgan fingerprint density at radius 3 is 2.76 bits per heavy atom. The minimum Gasteiger partial charge on any atom is -0.462 e. The van der Waals surface area contributed by atoms with Crippen molar-refractivity contribution >= 4 is 6.02 Å². The summed E-state index contributed by atoms with van der Waals surface area (Å²) in [4.78, 5) is 11.9. The molecule has 1 spiro atoms. The number of benzene rings is 1. The maximum atomic E-state index is 6.02. The SMILES string of the molecule is CC#Cc1cncc(-c2ccc3c(c2)C2(COC(N)=N2)C(N2CCCCC2)C3)c1. The highest BCUT2D eigenvalue weighted by atomic mass is 16.5. The normalized spacial score (nSPS) is 25.8. The first-order valence-electron chi connectivity index (χ1n) is 10.4. The van der Waals surface area contributed by atoms with Gasteiger partial charge in [0.05, 0.1) is 0 Å². The van der Waals surface area contributed by atoms with E-state index in [0.29, 0.717) is 18.7 Å². The van der Waals surface area contributed by atoms with Crippen LogP contribution in [0.3, 0.4) is 0 Å². The Labute approximate surface area is 172 Å². The molecule has 2 aliphatic heterocycles. The number of nitrogens with zero attached hydrogens (tertiary/aromatic N) is 3. The number of aliphatic imine (C=N–C) groups is 1. The number of nitrogens with two attached hydrogens (primary N) is 1. The molecule has 0 saturated carbocycles. The number of hydrogen-bond acceptors (Lipinski definition) is 5. The maximum Gasteiger partial charge on any atom is 0.283 e. The molecule has 1 aliphatic carbocycles. The lowest BCUT2D eigenvalue weighted by molar-refractivity contribution is 0.0912. The Balaban J connectivity index is 1.58. The second-order valence-corrected chi connectivity index (χ2v) is 8.19. The van der Waals surface area contributed by atoms with Crippen LogP contribution in [0, 0.1) is 11.8 Å². The first kappa shape index (κ1) is 18.2.